The molecule has 0 fully saturated rings. The molecule has 1 aromatic heterocycles. The van der Waals surface area contributed by atoms with Crippen LogP contribution in [0.1, 0.15) is 15.9 Å². The third-order valence-corrected chi connectivity index (χ3v) is 3.43. The highest BCUT2D eigenvalue weighted by molar-refractivity contribution is 6.33. The van der Waals surface area contributed by atoms with Crippen molar-refractivity contribution in [3.05, 3.63) is 62.8 Å². The first kappa shape index (κ1) is 16.7. The number of esters is 1. The molecule has 0 N–H and O–H groups in total. The summed E-state index contributed by atoms with van der Waals surface area (Å²) in [4.78, 5) is 27.5. The fourth-order valence-corrected chi connectivity index (χ4v) is 2.37. The van der Waals surface area contributed by atoms with Crippen molar-refractivity contribution >= 4 is 29.1 Å². The molecular formula is C15H14ClN3O4. The summed E-state index contributed by atoms with van der Waals surface area (Å²) in [7, 11) is 3.08. The number of nitrogens with zero attached hydrogens (tertiary/aromatic N) is 3. The average Bonchev–Trinajstić information content (AvgIpc) is 2.53. The molecular weight excluding hydrogens is 322 g/mol. The zero-order valence-electron chi connectivity index (χ0n) is 12.5. The fraction of sp³-hybridized carbons (Fsp3) is 0.200. The summed E-state index contributed by atoms with van der Waals surface area (Å²) >= 11 is 6.06. The number of anilines is 1. The van der Waals surface area contributed by atoms with Gasteiger partial charge in [-0.05, 0) is 17.7 Å². The third kappa shape index (κ3) is 3.95. The molecule has 0 aliphatic heterocycles. The van der Waals surface area contributed by atoms with Crippen molar-refractivity contribution in [3.8, 4) is 0 Å². The molecule has 2 rings (SSSR count). The van der Waals surface area contributed by atoms with Crippen molar-refractivity contribution < 1.29 is 14.5 Å². The molecule has 0 saturated carbocycles. The Labute approximate surface area is 137 Å². The minimum absolute atomic E-state index is 0.167. The number of benzene rings is 1. The summed E-state index contributed by atoms with van der Waals surface area (Å²) in [6.45, 7) is 0.426. The maximum Gasteiger partial charge on any atom is 0.337 e. The Morgan fingerprint density at radius 1 is 1.43 bits per heavy atom. The lowest BCUT2D eigenvalue weighted by molar-refractivity contribution is -0.385. The Bertz CT molecular complexity index is 751. The number of pyridine rings is 1. The molecule has 0 unspecified atom stereocenters. The quantitative estimate of drug-likeness (QED) is 0.474. The zero-order valence-corrected chi connectivity index (χ0v) is 13.3. The average molecular weight is 336 g/mol. The van der Waals surface area contributed by atoms with Crippen molar-refractivity contribution in [1.82, 2.24) is 4.98 Å². The Balaban J connectivity index is 2.20. The van der Waals surface area contributed by atoms with Gasteiger partial charge in [-0.3, -0.25) is 10.1 Å². The second kappa shape index (κ2) is 7.06. The highest BCUT2D eigenvalue weighted by atomic mass is 35.5. The van der Waals surface area contributed by atoms with Gasteiger partial charge in [0.2, 0.25) is 0 Å². The lowest BCUT2D eigenvalue weighted by Gasteiger charge is -2.19. The predicted octanol–water partition coefficient (Wildman–Crippen LogP) is 3.07. The van der Waals surface area contributed by atoms with Gasteiger partial charge in [-0.2, -0.15) is 0 Å². The number of ether oxygens (including phenoxy) is 1. The van der Waals surface area contributed by atoms with Crippen molar-refractivity contribution in [1.29, 1.82) is 0 Å². The van der Waals surface area contributed by atoms with Gasteiger partial charge in [-0.1, -0.05) is 23.7 Å². The van der Waals surface area contributed by atoms with Gasteiger partial charge >= 0.3 is 5.97 Å². The number of nitro groups is 1. The van der Waals surface area contributed by atoms with Crippen molar-refractivity contribution in [2.75, 3.05) is 19.1 Å². The van der Waals surface area contributed by atoms with Crippen LogP contribution in [0.3, 0.4) is 0 Å². The molecule has 0 aliphatic rings. The maximum atomic E-state index is 11.5. The number of hydrogen-bond donors (Lipinski definition) is 0. The summed E-state index contributed by atoms with van der Waals surface area (Å²) < 4.78 is 4.69. The van der Waals surface area contributed by atoms with Gasteiger partial charge in [0.25, 0.3) is 5.69 Å². The van der Waals surface area contributed by atoms with Gasteiger partial charge in [0.05, 0.1) is 22.6 Å². The molecule has 1 heterocycles. The molecule has 2 aromatic rings. The van der Waals surface area contributed by atoms with Crippen LogP contribution < -0.4 is 4.90 Å². The molecule has 1 aromatic carbocycles. The van der Waals surface area contributed by atoms with E-state index in [1.54, 1.807) is 30.1 Å². The molecule has 0 radical (unpaired) electrons. The number of carbonyl (C=O) groups is 1. The second-order valence-electron chi connectivity index (χ2n) is 4.80. The molecule has 0 saturated heterocycles. The van der Waals surface area contributed by atoms with Crippen LogP contribution in [0, 0.1) is 10.1 Å². The van der Waals surface area contributed by atoms with Gasteiger partial charge in [-0.25, -0.2) is 9.78 Å². The highest BCUT2D eigenvalue weighted by Crippen LogP contribution is 2.27. The van der Waals surface area contributed by atoms with E-state index in [0.29, 0.717) is 17.9 Å². The highest BCUT2D eigenvalue weighted by Gasteiger charge is 2.14. The molecule has 0 bridgehead atoms. The minimum Gasteiger partial charge on any atom is -0.465 e. The molecule has 0 spiro atoms. The first-order chi connectivity index (χ1) is 10.9. The SMILES string of the molecule is COC(=O)c1cccc(CN(C)c2ncc([N+](=O)[O-])cc2Cl)c1. The van der Waals surface area contributed by atoms with E-state index < -0.39 is 10.9 Å². The van der Waals surface area contributed by atoms with Crippen molar-refractivity contribution in [2.24, 2.45) is 0 Å². The van der Waals surface area contributed by atoms with E-state index in [1.165, 1.54) is 13.2 Å². The van der Waals surface area contributed by atoms with E-state index in [4.69, 9.17) is 11.6 Å². The van der Waals surface area contributed by atoms with Gasteiger partial charge in [0.1, 0.15) is 12.0 Å². The Morgan fingerprint density at radius 3 is 2.78 bits per heavy atom. The topological polar surface area (TPSA) is 85.6 Å². The molecule has 23 heavy (non-hydrogen) atoms. The standard InChI is InChI=1S/C15H14ClN3O4/c1-18(14-13(16)7-12(8-17-14)19(21)22)9-10-4-3-5-11(6-10)15(20)23-2/h3-8H,9H2,1-2H3. The lowest BCUT2D eigenvalue weighted by Crippen LogP contribution is -2.18. The smallest absolute Gasteiger partial charge is 0.337 e. The molecule has 0 aliphatic carbocycles. The zero-order chi connectivity index (χ0) is 17.0. The van der Waals surface area contributed by atoms with Crippen LogP contribution in [0.2, 0.25) is 5.02 Å². The Hall–Kier alpha value is -2.67. The number of rotatable bonds is 5. The van der Waals surface area contributed by atoms with Crippen LogP contribution in [-0.4, -0.2) is 30.0 Å². The van der Waals surface area contributed by atoms with Crippen molar-refractivity contribution in [2.45, 2.75) is 6.54 Å². The summed E-state index contributed by atoms with van der Waals surface area (Å²) in [6, 6.07) is 8.22. The van der Waals surface area contributed by atoms with E-state index >= 15 is 0 Å². The number of halogens is 1. The molecule has 120 valence electrons. The van der Waals surface area contributed by atoms with Gasteiger partial charge in [-0.15, -0.1) is 0 Å². The summed E-state index contributed by atoms with van der Waals surface area (Å²) in [6.07, 6.45) is 1.16. The molecule has 0 amide bonds. The normalized spacial score (nSPS) is 10.2. The molecule has 8 heteroatoms. The number of aromatic nitrogens is 1. The molecule has 0 atom stereocenters. The number of hydrogen-bond acceptors (Lipinski definition) is 6. The van der Waals surface area contributed by atoms with E-state index in [2.05, 4.69) is 9.72 Å². The van der Waals surface area contributed by atoms with Gasteiger partial charge in [0, 0.05) is 19.7 Å². The van der Waals surface area contributed by atoms with Crippen molar-refractivity contribution in [3.63, 3.8) is 0 Å². The van der Waals surface area contributed by atoms with Crippen LogP contribution in [0.25, 0.3) is 0 Å². The van der Waals surface area contributed by atoms with Crippen LogP contribution in [0.5, 0.6) is 0 Å². The largest absolute Gasteiger partial charge is 0.465 e. The van der Waals surface area contributed by atoms with E-state index in [0.717, 1.165) is 11.8 Å². The lowest BCUT2D eigenvalue weighted by atomic mass is 10.1. The summed E-state index contributed by atoms with van der Waals surface area (Å²) in [5, 5.41) is 10.9. The maximum absolute atomic E-state index is 11.5. The van der Waals surface area contributed by atoms with Crippen LogP contribution in [-0.2, 0) is 11.3 Å². The monoisotopic (exact) mass is 335 g/mol. The predicted molar refractivity (Wildman–Crippen MR) is 85.8 cm³/mol. The summed E-state index contributed by atoms with van der Waals surface area (Å²) in [5.74, 6) is 0.00161. The number of carbonyl (C=O) groups excluding carboxylic acids is 1. The second-order valence-corrected chi connectivity index (χ2v) is 5.21. The van der Waals surface area contributed by atoms with Gasteiger partial charge in [0.15, 0.2) is 0 Å². The Morgan fingerprint density at radius 2 is 2.17 bits per heavy atom. The summed E-state index contributed by atoms with van der Waals surface area (Å²) in [5.41, 5.74) is 1.13. The third-order valence-electron chi connectivity index (χ3n) is 3.15. The van der Waals surface area contributed by atoms with Crippen LogP contribution in [0.4, 0.5) is 11.5 Å². The van der Waals surface area contributed by atoms with Crippen LogP contribution in [0.15, 0.2) is 36.5 Å². The molecule has 7 nitrogen and oxygen atoms in total. The fourth-order valence-electron chi connectivity index (χ4n) is 2.06. The first-order valence-electron chi connectivity index (χ1n) is 6.60. The van der Waals surface area contributed by atoms with E-state index in [1.807, 2.05) is 6.07 Å². The van der Waals surface area contributed by atoms with Crippen LogP contribution >= 0.6 is 11.6 Å². The Kier molecular flexibility index (Phi) is 5.13. The van der Waals surface area contributed by atoms with Gasteiger partial charge < -0.3 is 9.64 Å². The van der Waals surface area contributed by atoms with E-state index in [-0.39, 0.29) is 10.7 Å². The first-order valence-corrected chi connectivity index (χ1v) is 6.98. The van der Waals surface area contributed by atoms with E-state index in [9.17, 15) is 14.9 Å². The number of methoxy groups -OCH3 is 1. The minimum atomic E-state index is -0.553.